The average Bonchev–Trinajstić information content (AvgIpc) is 3.13. The molecule has 12 heteroatoms. The highest BCUT2D eigenvalue weighted by atomic mass is 31.2. The van der Waals surface area contributed by atoms with Crippen LogP contribution in [0.2, 0.25) is 0 Å². The Bertz CT molecular complexity index is 1910. The molecule has 0 unspecified atom stereocenters. The van der Waals surface area contributed by atoms with Gasteiger partial charge in [0.2, 0.25) is 0 Å². The van der Waals surface area contributed by atoms with Gasteiger partial charge in [0.25, 0.3) is 0 Å². The molecule has 0 saturated heterocycles. The molecule has 0 saturated carbocycles. The third-order valence-corrected chi connectivity index (χ3v) is 16.1. The van der Waals surface area contributed by atoms with E-state index in [1.807, 2.05) is 0 Å². The molecule has 0 bridgehead atoms. The summed E-state index contributed by atoms with van der Waals surface area (Å²) in [5.41, 5.74) is -3.74. The van der Waals surface area contributed by atoms with E-state index in [9.17, 15) is 29.4 Å². The van der Waals surface area contributed by atoms with Crippen LogP contribution in [-0.2, 0) is 29.2 Å². The highest BCUT2D eigenvalue weighted by Crippen LogP contribution is 2.88. The topological polar surface area (TPSA) is 173 Å². The van der Waals surface area contributed by atoms with E-state index < -0.39 is 43.7 Å². The summed E-state index contributed by atoms with van der Waals surface area (Å²) < 4.78 is 46.1. The molecule has 0 fully saturated rings. The predicted octanol–water partition coefficient (Wildman–Crippen LogP) is 8.36. The minimum absolute atomic E-state index is 0.128. The molecule has 0 spiro atoms. The van der Waals surface area contributed by atoms with Crippen molar-refractivity contribution in [2.75, 3.05) is 0 Å². The van der Waals surface area contributed by atoms with Crippen molar-refractivity contribution in [3.63, 3.8) is 0 Å². The van der Waals surface area contributed by atoms with Gasteiger partial charge in [-0.15, -0.1) is 0 Å². The Balaban J connectivity index is 2.15. The van der Waals surface area contributed by atoms with Crippen molar-refractivity contribution in [1.82, 2.24) is 0 Å². The van der Waals surface area contributed by atoms with Crippen molar-refractivity contribution in [2.24, 2.45) is 5.41 Å². The molecule has 0 radical (unpaired) electrons. The lowest BCUT2D eigenvalue weighted by Gasteiger charge is -2.66. The van der Waals surface area contributed by atoms with Crippen molar-refractivity contribution in [3.8, 4) is 0 Å². The maximum atomic E-state index is 15.4. The zero-order chi connectivity index (χ0) is 38.2. The normalized spacial score (nSPS) is 13.4. The third-order valence-electron chi connectivity index (χ3n) is 10.6. The smallest absolute Gasteiger partial charge is 0.324 e. The van der Waals surface area contributed by atoms with Crippen LogP contribution in [0.3, 0.4) is 0 Å². The Morgan fingerprint density at radius 3 is 0.547 bits per heavy atom. The molecular formula is C41H39O9P3. The lowest BCUT2D eigenvalue weighted by atomic mass is 9.50. The van der Waals surface area contributed by atoms with Crippen LogP contribution in [0.25, 0.3) is 0 Å². The van der Waals surface area contributed by atoms with Gasteiger partial charge in [0.05, 0.1) is 0 Å². The third kappa shape index (κ3) is 5.59. The van der Waals surface area contributed by atoms with Gasteiger partial charge in [0.1, 0.15) is 15.5 Å². The number of hydrogen-bond donors (Lipinski definition) is 6. The lowest BCUT2D eigenvalue weighted by molar-refractivity contribution is 0.0756. The van der Waals surface area contributed by atoms with E-state index in [4.69, 9.17) is 0 Å². The Labute approximate surface area is 308 Å². The van der Waals surface area contributed by atoms with Crippen LogP contribution in [0.15, 0.2) is 182 Å². The zero-order valence-corrected chi connectivity index (χ0v) is 31.3. The highest BCUT2D eigenvalue weighted by Gasteiger charge is 2.84. The Kier molecular flexibility index (Phi) is 10.3. The van der Waals surface area contributed by atoms with Crippen LogP contribution < -0.4 is 0 Å². The van der Waals surface area contributed by atoms with Crippen molar-refractivity contribution in [2.45, 2.75) is 22.4 Å². The molecule has 53 heavy (non-hydrogen) atoms. The summed E-state index contributed by atoms with van der Waals surface area (Å²) in [6.07, 6.45) is 0. The molecule has 9 nitrogen and oxygen atoms in total. The lowest BCUT2D eigenvalue weighted by Crippen LogP contribution is -2.67. The van der Waals surface area contributed by atoms with Crippen LogP contribution in [-0.4, -0.2) is 29.4 Å². The Morgan fingerprint density at radius 2 is 0.434 bits per heavy atom. The minimum atomic E-state index is -5.97. The van der Waals surface area contributed by atoms with E-state index in [2.05, 4.69) is 0 Å². The second-order valence-electron chi connectivity index (χ2n) is 13.1. The van der Waals surface area contributed by atoms with Crippen molar-refractivity contribution >= 4 is 22.8 Å². The van der Waals surface area contributed by atoms with Gasteiger partial charge in [-0.05, 0) is 33.4 Å². The summed E-state index contributed by atoms with van der Waals surface area (Å²) in [6.45, 7) is 1.23. The number of benzene rings is 6. The molecule has 0 aliphatic rings. The molecule has 272 valence electrons. The number of hydrogen-bond acceptors (Lipinski definition) is 3. The first-order valence-electron chi connectivity index (χ1n) is 16.6. The minimum Gasteiger partial charge on any atom is -0.324 e. The molecule has 0 atom stereocenters. The summed E-state index contributed by atoms with van der Waals surface area (Å²) in [5, 5.41) is -8.83. The second kappa shape index (κ2) is 14.2. The molecule has 0 aliphatic heterocycles. The van der Waals surface area contributed by atoms with Crippen LogP contribution in [0.4, 0.5) is 0 Å². The van der Waals surface area contributed by atoms with Crippen LogP contribution in [0, 0.1) is 5.41 Å². The Hall–Kier alpha value is -4.23. The van der Waals surface area contributed by atoms with Gasteiger partial charge in [-0.2, -0.15) is 0 Å². The highest BCUT2D eigenvalue weighted by molar-refractivity contribution is 7.56. The van der Waals surface area contributed by atoms with Gasteiger partial charge in [0.15, 0.2) is 0 Å². The first kappa shape index (κ1) is 38.5. The van der Waals surface area contributed by atoms with E-state index in [1.165, 1.54) is 153 Å². The van der Waals surface area contributed by atoms with Gasteiger partial charge in [-0.3, -0.25) is 13.7 Å². The van der Waals surface area contributed by atoms with Crippen molar-refractivity contribution in [3.05, 3.63) is 215 Å². The fourth-order valence-corrected chi connectivity index (χ4v) is 14.9. The van der Waals surface area contributed by atoms with E-state index >= 15 is 13.7 Å². The van der Waals surface area contributed by atoms with Gasteiger partial charge >= 0.3 is 22.8 Å². The van der Waals surface area contributed by atoms with Crippen molar-refractivity contribution in [1.29, 1.82) is 0 Å². The molecule has 0 aromatic heterocycles. The first-order chi connectivity index (χ1) is 25.1. The maximum Gasteiger partial charge on any atom is 0.341 e. The van der Waals surface area contributed by atoms with Crippen LogP contribution in [0.1, 0.15) is 40.3 Å². The molecule has 0 heterocycles. The molecule has 0 aliphatic carbocycles. The van der Waals surface area contributed by atoms with Gasteiger partial charge in [-0.1, -0.05) is 189 Å². The molecule has 6 aromatic carbocycles. The second-order valence-corrected chi connectivity index (χ2v) is 18.4. The van der Waals surface area contributed by atoms with Crippen LogP contribution in [0.5, 0.6) is 0 Å². The van der Waals surface area contributed by atoms with E-state index in [-0.39, 0.29) is 33.4 Å². The average molecular weight is 769 g/mol. The van der Waals surface area contributed by atoms with E-state index in [0.29, 0.717) is 0 Å². The monoisotopic (exact) mass is 768 g/mol. The largest absolute Gasteiger partial charge is 0.341 e. The van der Waals surface area contributed by atoms with Gasteiger partial charge in [-0.25, -0.2) is 0 Å². The number of rotatable bonds is 12. The molecular weight excluding hydrogens is 729 g/mol. The zero-order valence-electron chi connectivity index (χ0n) is 28.6. The summed E-state index contributed by atoms with van der Waals surface area (Å²) in [4.78, 5) is 74.5. The Morgan fingerprint density at radius 1 is 0.302 bits per heavy atom. The summed E-state index contributed by atoms with van der Waals surface area (Å²) in [6, 6.07) is 45.1. The first-order valence-corrected chi connectivity index (χ1v) is 21.5. The predicted molar refractivity (Wildman–Crippen MR) is 205 cm³/mol. The maximum absolute atomic E-state index is 15.4. The summed E-state index contributed by atoms with van der Waals surface area (Å²) in [5.74, 6) is 0. The summed E-state index contributed by atoms with van der Waals surface area (Å²) >= 11 is 0. The van der Waals surface area contributed by atoms with E-state index in [0.717, 1.165) is 0 Å². The molecule has 0 amide bonds. The van der Waals surface area contributed by atoms with E-state index in [1.54, 1.807) is 36.4 Å². The van der Waals surface area contributed by atoms with Gasteiger partial charge in [0, 0.05) is 5.41 Å². The summed E-state index contributed by atoms with van der Waals surface area (Å²) in [7, 11) is -17.9. The molecule has 6 N–H and O–H groups in total. The SMILES string of the molecule is CC(C(c1ccccc1)(c1ccccc1)P(=O)(O)O)(C(c1ccccc1)(c1ccccc1)P(=O)(O)O)C(c1ccccc1)(c1ccccc1)P(=O)(O)O. The fraction of sp³-hybridized carbons (Fsp3) is 0.122. The standard InChI is InChI=1S/C41H39O9P3/c1-38(39(51(42,43)44,32-20-8-2-9-21-32)33-22-10-3-11-23-33,40(52(45,46)47,34-24-12-4-13-25-34)35-26-14-5-15-27-35)41(53(48,49)50,36-28-16-6-17-29-36)37-30-18-7-19-31-37/h2-31H,1H3,(H2,42,43,44)(H2,45,46,47)(H2,48,49,50). The van der Waals surface area contributed by atoms with Gasteiger partial charge < -0.3 is 29.4 Å². The fourth-order valence-electron chi connectivity index (χ4n) is 8.98. The quantitative estimate of drug-likeness (QED) is 0.0669. The molecule has 6 aromatic rings. The van der Waals surface area contributed by atoms with Crippen LogP contribution >= 0.6 is 22.8 Å². The molecule has 6 rings (SSSR count). The van der Waals surface area contributed by atoms with Crippen molar-refractivity contribution < 1.29 is 43.1 Å².